The Hall–Kier alpha value is -2.76. The van der Waals surface area contributed by atoms with Crippen molar-refractivity contribution >= 4 is 16.9 Å². The van der Waals surface area contributed by atoms with Crippen LogP contribution < -0.4 is 5.73 Å². The molecule has 0 aromatic carbocycles. The van der Waals surface area contributed by atoms with Gasteiger partial charge in [-0.15, -0.1) is 0 Å². The Morgan fingerprint density at radius 2 is 2.21 bits per heavy atom. The van der Waals surface area contributed by atoms with Gasteiger partial charge in [0.05, 0.1) is 11.6 Å². The highest BCUT2D eigenvalue weighted by Crippen LogP contribution is 2.49. The fourth-order valence-corrected chi connectivity index (χ4v) is 4.08. The highest BCUT2D eigenvalue weighted by Gasteiger charge is 2.48. The second kappa shape index (κ2) is 5.70. The molecule has 1 fully saturated rings. The van der Waals surface area contributed by atoms with Gasteiger partial charge in [0.2, 0.25) is 5.91 Å². The number of H-pyrrole nitrogens is 1. The lowest BCUT2D eigenvalue weighted by Gasteiger charge is -2.42. The zero-order valence-corrected chi connectivity index (χ0v) is 13.3. The summed E-state index contributed by atoms with van der Waals surface area (Å²) in [6.45, 7) is 0. The van der Waals surface area contributed by atoms with Crippen molar-refractivity contribution < 1.29 is 4.79 Å². The second-order valence-electron chi connectivity index (χ2n) is 6.45. The topological polar surface area (TPSA) is 97.5 Å². The van der Waals surface area contributed by atoms with E-state index < -0.39 is 5.41 Å². The van der Waals surface area contributed by atoms with E-state index in [1.807, 2.05) is 18.3 Å². The number of nitrogens with zero attached hydrogens (tertiary/aromatic N) is 3. The zero-order chi connectivity index (χ0) is 16.6. The summed E-state index contributed by atoms with van der Waals surface area (Å²) in [5.41, 5.74) is 7.90. The molecular formula is C18H19N5O. The first-order valence-electron chi connectivity index (χ1n) is 8.21. The molecule has 0 bridgehead atoms. The lowest BCUT2D eigenvalue weighted by molar-refractivity contribution is -0.125. The number of carbonyl (C=O) groups is 1. The van der Waals surface area contributed by atoms with Crippen molar-refractivity contribution in [2.75, 3.05) is 0 Å². The lowest BCUT2D eigenvalue weighted by Crippen LogP contribution is -2.48. The largest absolute Gasteiger partial charge is 0.369 e. The Balaban J connectivity index is 1.88. The van der Waals surface area contributed by atoms with E-state index in [9.17, 15) is 4.79 Å². The predicted molar refractivity (Wildman–Crippen MR) is 90.2 cm³/mol. The number of fused-ring (bicyclic) bond motifs is 1. The van der Waals surface area contributed by atoms with Crippen LogP contribution in [-0.2, 0) is 10.2 Å². The van der Waals surface area contributed by atoms with Crippen molar-refractivity contribution in [3.8, 4) is 0 Å². The molecule has 0 radical (unpaired) electrons. The van der Waals surface area contributed by atoms with Crippen molar-refractivity contribution in [3.63, 3.8) is 0 Å². The highest BCUT2D eigenvalue weighted by molar-refractivity contribution is 5.88. The summed E-state index contributed by atoms with van der Waals surface area (Å²) in [5.74, 6) is -0.285. The van der Waals surface area contributed by atoms with E-state index in [1.165, 1.54) is 0 Å². The monoisotopic (exact) mass is 321 g/mol. The quantitative estimate of drug-likeness (QED) is 0.774. The summed E-state index contributed by atoms with van der Waals surface area (Å²) < 4.78 is 0. The van der Waals surface area contributed by atoms with E-state index in [-0.39, 0.29) is 11.8 Å². The van der Waals surface area contributed by atoms with Gasteiger partial charge in [0.15, 0.2) is 5.65 Å². The van der Waals surface area contributed by atoms with Gasteiger partial charge in [-0.2, -0.15) is 5.10 Å². The first-order chi connectivity index (χ1) is 11.7. The molecule has 0 aliphatic heterocycles. The number of nitrogens with one attached hydrogen (secondary N) is 1. The van der Waals surface area contributed by atoms with Gasteiger partial charge in [0.1, 0.15) is 0 Å². The van der Waals surface area contributed by atoms with Gasteiger partial charge >= 0.3 is 0 Å². The number of hydrogen-bond donors (Lipinski definition) is 2. The van der Waals surface area contributed by atoms with Crippen molar-refractivity contribution in [1.29, 1.82) is 0 Å². The average Bonchev–Trinajstić information content (AvgIpc) is 3.10. The Morgan fingerprint density at radius 3 is 3.00 bits per heavy atom. The standard InChI is InChI=1S/C18H19N5O/c19-17(24)18(14-4-3-7-20-11-14)6-2-1-5-15(18)12-8-13-10-22-23-16(13)21-9-12/h3-4,7-11,15H,1-2,5-6H2,(H2,19,24)(H,21,22,23). The molecule has 2 unspecified atom stereocenters. The Bertz CT molecular complexity index is 875. The molecule has 3 N–H and O–H groups in total. The smallest absolute Gasteiger partial charge is 0.228 e. The molecule has 1 saturated carbocycles. The Kier molecular flexibility index (Phi) is 3.52. The minimum atomic E-state index is -0.731. The summed E-state index contributed by atoms with van der Waals surface area (Å²) in [5, 5.41) is 7.84. The van der Waals surface area contributed by atoms with E-state index in [4.69, 9.17) is 5.73 Å². The van der Waals surface area contributed by atoms with Crippen LogP contribution in [0.2, 0.25) is 0 Å². The minimum Gasteiger partial charge on any atom is -0.369 e. The third-order valence-corrected chi connectivity index (χ3v) is 5.24. The van der Waals surface area contributed by atoms with E-state index in [1.54, 1.807) is 18.6 Å². The number of aromatic nitrogens is 4. The maximum atomic E-state index is 12.6. The molecule has 4 rings (SSSR count). The lowest BCUT2D eigenvalue weighted by atomic mass is 9.60. The third-order valence-electron chi connectivity index (χ3n) is 5.24. The van der Waals surface area contributed by atoms with Crippen molar-refractivity contribution in [1.82, 2.24) is 20.2 Å². The van der Waals surface area contributed by atoms with Crippen LogP contribution >= 0.6 is 0 Å². The number of carbonyl (C=O) groups excluding carboxylic acids is 1. The molecule has 1 aliphatic carbocycles. The van der Waals surface area contributed by atoms with Crippen LogP contribution in [0.25, 0.3) is 11.0 Å². The Morgan fingerprint density at radius 1 is 1.29 bits per heavy atom. The van der Waals surface area contributed by atoms with Crippen LogP contribution in [-0.4, -0.2) is 26.1 Å². The number of nitrogens with two attached hydrogens (primary N) is 1. The molecule has 24 heavy (non-hydrogen) atoms. The zero-order valence-electron chi connectivity index (χ0n) is 13.3. The fraction of sp³-hybridized carbons (Fsp3) is 0.333. The Labute approximate surface area is 139 Å². The molecule has 0 saturated heterocycles. The third kappa shape index (κ3) is 2.18. The van der Waals surface area contributed by atoms with Gasteiger partial charge in [-0.25, -0.2) is 4.98 Å². The van der Waals surface area contributed by atoms with Crippen molar-refractivity contribution in [2.45, 2.75) is 37.0 Å². The van der Waals surface area contributed by atoms with Crippen LogP contribution in [0.4, 0.5) is 0 Å². The van der Waals surface area contributed by atoms with Crippen molar-refractivity contribution in [3.05, 3.63) is 54.1 Å². The first kappa shape index (κ1) is 14.8. The van der Waals surface area contributed by atoms with Crippen LogP contribution in [0.15, 0.2) is 43.0 Å². The van der Waals surface area contributed by atoms with E-state index in [0.717, 1.165) is 47.8 Å². The molecule has 3 aromatic heterocycles. The molecule has 1 aliphatic rings. The van der Waals surface area contributed by atoms with E-state index >= 15 is 0 Å². The van der Waals surface area contributed by atoms with Crippen molar-refractivity contribution in [2.24, 2.45) is 5.73 Å². The molecule has 3 heterocycles. The van der Waals surface area contributed by atoms with Crippen LogP contribution in [0, 0.1) is 0 Å². The predicted octanol–water partition coefficient (Wildman–Crippen LogP) is 2.43. The maximum absolute atomic E-state index is 12.6. The number of hydrogen-bond acceptors (Lipinski definition) is 4. The van der Waals surface area contributed by atoms with Gasteiger partial charge in [0, 0.05) is 29.9 Å². The minimum absolute atomic E-state index is 0.000231. The van der Waals surface area contributed by atoms with Crippen LogP contribution in [0.5, 0.6) is 0 Å². The molecule has 0 spiro atoms. The molecule has 6 heteroatoms. The average molecular weight is 321 g/mol. The summed E-state index contributed by atoms with van der Waals surface area (Å²) in [6, 6.07) is 5.89. The van der Waals surface area contributed by atoms with Gasteiger partial charge in [-0.05, 0) is 36.1 Å². The van der Waals surface area contributed by atoms with Gasteiger partial charge < -0.3 is 5.73 Å². The normalized spacial score (nSPS) is 24.1. The molecule has 6 nitrogen and oxygen atoms in total. The second-order valence-corrected chi connectivity index (χ2v) is 6.45. The first-order valence-corrected chi connectivity index (χ1v) is 8.21. The fourth-order valence-electron chi connectivity index (χ4n) is 4.08. The molecular weight excluding hydrogens is 302 g/mol. The number of rotatable bonds is 3. The van der Waals surface area contributed by atoms with Crippen LogP contribution in [0.1, 0.15) is 42.7 Å². The summed E-state index contributed by atoms with van der Waals surface area (Å²) in [4.78, 5) is 21.3. The molecule has 122 valence electrons. The number of primary amides is 1. The SMILES string of the molecule is NC(=O)C1(c2cccnc2)CCCCC1c1cnc2[nH]ncc2c1. The maximum Gasteiger partial charge on any atom is 0.228 e. The summed E-state index contributed by atoms with van der Waals surface area (Å²) >= 11 is 0. The van der Waals surface area contributed by atoms with Gasteiger partial charge in [-0.3, -0.25) is 14.9 Å². The summed E-state index contributed by atoms with van der Waals surface area (Å²) in [7, 11) is 0. The van der Waals surface area contributed by atoms with E-state index in [0.29, 0.717) is 0 Å². The van der Waals surface area contributed by atoms with Gasteiger partial charge in [-0.1, -0.05) is 18.9 Å². The highest BCUT2D eigenvalue weighted by atomic mass is 16.1. The molecule has 2 atom stereocenters. The van der Waals surface area contributed by atoms with E-state index in [2.05, 4.69) is 26.2 Å². The van der Waals surface area contributed by atoms with Gasteiger partial charge in [0.25, 0.3) is 0 Å². The number of amides is 1. The number of aromatic amines is 1. The summed E-state index contributed by atoms with van der Waals surface area (Å²) in [6.07, 6.45) is 10.8. The van der Waals surface area contributed by atoms with Crippen LogP contribution in [0.3, 0.4) is 0 Å². The molecule has 1 amide bonds. The number of pyridine rings is 2. The molecule has 3 aromatic rings.